The molecule has 4 aliphatic heterocycles. The summed E-state index contributed by atoms with van der Waals surface area (Å²) in [5.41, 5.74) is 11.1. The summed E-state index contributed by atoms with van der Waals surface area (Å²) < 4.78 is 10.2. The first-order valence-corrected chi connectivity index (χ1v) is 31.0. The second kappa shape index (κ2) is 27.5. The standard InChI is InChI=1S/C27H30BrN3O.C17H21N3O2S.C14H22N4O2.C4H10/c1-2-30-15-11-18(12-16-30)19-9-10-20-23(17-19)31-22-8-6-7-21(28)24(22)25(32)29-26(31)27(20)13-4-3-5-14-27;1-13-17(23-12-19-13)15-4-2-14(3-5-15)16(18-11-21)10-20-6-8-22-9-7-20;19-12-6-7-17(8-12)14(20)10-18-9-13(15-16-18)11-4-2-1-3-5-11;1-4(2)3/h6-10,17-18H,2-5,11-16H2,1H3;2-5,11-12,16H,6-10H2,1H3,(H,18,21);9,11-12,19H,1-8,10H2;4H,1-3H3/t;16-;;/m.0../s1. The van der Waals surface area contributed by atoms with E-state index in [0.717, 1.165) is 97.3 Å². The number of piperidine rings is 1. The number of nitrogens with one attached hydrogen (secondary N) is 1. The maximum Gasteiger partial charge on any atom is 0.281 e. The number of aromatic nitrogens is 6. The molecule has 2 N–H and O–H groups in total. The minimum absolute atomic E-state index is 0.00204. The first kappa shape index (κ1) is 58.5. The van der Waals surface area contributed by atoms with Gasteiger partial charge in [-0.25, -0.2) is 9.67 Å². The zero-order valence-electron chi connectivity index (χ0n) is 47.3. The van der Waals surface area contributed by atoms with Gasteiger partial charge in [-0.05, 0) is 140 Å². The molecule has 1 unspecified atom stereocenters. The number of thiazole rings is 1. The quantitative estimate of drug-likeness (QED) is 0.119. The van der Waals surface area contributed by atoms with Gasteiger partial charge in [0.1, 0.15) is 12.4 Å². The van der Waals surface area contributed by atoms with E-state index >= 15 is 0 Å². The van der Waals surface area contributed by atoms with Crippen LogP contribution in [0.1, 0.15) is 163 Å². The number of morpholine rings is 1. The summed E-state index contributed by atoms with van der Waals surface area (Å²) in [6.45, 7) is 19.8. The van der Waals surface area contributed by atoms with Crippen molar-refractivity contribution in [3.05, 3.63) is 121 Å². The Hall–Kier alpha value is -5.17. The van der Waals surface area contributed by atoms with E-state index in [9.17, 15) is 19.5 Å². The molecule has 17 heteroatoms. The Balaban J connectivity index is 0.000000143. The van der Waals surface area contributed by atoms with Crippen molar-refractivity contribution < 1.29 is 19.4 Å². The largest absolute Gasteiger partial charge is 0.391 e. The number of hydrogen-bond donors (Lipinski definition) is 2. The van der Waals surface area contributed by atoms with Gasteiger partial charge in [0.25, 0.3) is 5.56 Å². The summed E-state index contributed by atoms with van der Waals surface area (Å²) in [6, 6.07) is 21.7. The highest BCUT2D eigenvalue weighted by atomic mass is 79.9. The third kappa shape index (κ3) is 14.1. The molecule has 3 aromatic carbocycles. The van der Waals surface area contributed by atoms with Gasteiger partial charge in [-0.3, -0.25) is 23.9 Å². The van der Waals surface area contributed by atoms with E-state index in [1.807, 2.05) is 30.8 Å². The third-order valence-electron chi connectivity index (χ3n) is 16.8. The van der Waals surface area contributed by atoms with Crippen LogP contribution in [0.5, 0.6) is 0 Å². The lowest BCUT2D eigenvalue weighted by Gasteiger charge is -2.34. The van der Waals surface area contributed by atoms with E-state index in [2.05, 4.69) is 127 Å². The molecule has 2 aliphatic carbocycles. The van der Waals surface area contributed by atoms with Gasteiger partial charge in [0, 0.05) is 49.3 Å². The Kier molecular flexibility index (Phi) is 20.4. The van der Waals surface area contributed by atoms with Crippen molar-refractivity contribution in [2.45, 2.75) is 154 Å². The molecule has 0 radical (unpaired) electrons. The van der Waals surface area contributed by atoms with Crippen molar-refractivity contribution in [2.75, 3.05) is 65.6 Å². The number of benzene rings is 3. The second-order valence-corrected chi connectivity index (χ2v) is 24.9. The minimum atomic E-state index is -0.368. The van der Waals surface area contributed by atoms with Crippen molar-refractivity contribution in [3.63, 3.8) is 0 Å². The molecular weight excluding hydrogens is 1080 g/mol. The smallest absolute Gasteiger partial charge is 0.281 e. The number of carbonyl (C=O) groups excluding carboxylic acids is 2. The zero-order chi connectivity index (χ0) is 55.5. The summed E-state index contributed by atoms with van der Waals surface area (Å²) in [7, 11) is 0. The number of hydrogen-bond acceptors (Lipinski definition) is 12. The number of halogens is 1. The highest BCUT2D eigenvalue weighted by Crippen LogP contribution is 2.52. The second-order valence-electron chi connectivity index (χ2n) is 23.2. The zero-order valence-corrected chi connectivity index (χ0v) is 49.7. The van der Waals surface area contributed by atoms with Gasteiger partial charge in [0.15, 0.2) is 0 Å². The van der Waals surface area contributed by atoms with Crippen molar-refractivity contribution in [3.8, 4) is 16.1 Å². The lowest BCUT2D eigenvalue weighted by atomic mass is 9.69. The molecule has 2 atom stereocenters. The summed E-state index contributed by atoms with van der Waals surface area (Å²) in [5, 5.41) is 21.4. The molecule has 6 aromatic rings. The number of ether oxygens (including phenoxy) is 1. The Labute approximate surface area is 479 Å². The minimum Gasteiger partial charge on any atom is -0.391 e. The van der Waals surface area contributed by atoms with Crippen LogP contribution in [-0.2, 0) is 26.3 Å². The lowest BCUT2D eigenvalue weighted by Crippen LogP contribution is -2.41. The fourth-order valence-electron chi connectivity index (χ4n) is 12.5. The number of carbonyl (C=O) groups is 2. The fraction of sp³-hybridized carbons (Fsp3) is 0.565. The molecule has 15 nitrogen and oxygen atoms in total. The van der Waals surface area contributed by atoms with Crippen molar-refractivity contribution in [2.24, 2.45) is 5.92 Å². The normalized spacial score (nSPS) is 19.8. The van der Waals surface area contributed by atoms with Crippen LogP contribution in [0.3, 0.4) is 0 Å². The van der Waals surface area contributed by atoms with E-state index in [-0.39, 0.29) is 35.6 Å². The molecule has 1 spiro atoms. The molecule has 79 heavy (non-hydrogen) atoms. The Morgan fingerprint density at radius 3 is 2.28 bits per heavy atom. The van der Waals surface area contributed by atoms with Gasteiger partial charge in [0.05, 0.1) is 69.1 Å². The molecule has 3 aromatic heterocycles. The molecule has 424 valence electrons. The molecule has 0 bridgehead atoms. The number of fused-ring (bicyclic) bond motifs is 7. The van der Waals surface area contributed by atoms with Crippen LogP contribution in [0, 0.1) is 12.8 Å². The lowest BCUT2D eigenvalue weighted by molar-refractivity contribution is -0.131. The Bertz CT molecular complexity index is 3000. The fourth-order valence-corrected chi connectivity index (χ4v) is 13.9. The van der Waals surface area contributed by atoms with Crippen LogP contribution in [0.4, 0.5) is 0 Å². The highest BCUT2D eigenvalue weighted by Gasteiger charge is 2.47. The average Bonchev–Trinajstić information content (AvgIpc) is 3.44. The molecule has 12 rings (SSSR count). The molecule has 5 fully saturated rings. The van der Waals surface area contributed by atoms with E-state index < -0.39 is 0 Å². The summed E-state index contributed by atoms with van der Waals surface area (Å²) in [6.07, 6.45) is 17.5. The van der Waals surface area contributed by atoms with Crippen molar-refractivity contribution in [1.29, 1.82) is 0 Å². The van der Waals surface area contributed by atoms with Gasteiger partial charge >= 0.3 is 0 Å². The van der Waals surface area contributed by atoms with Crippen LogP contribution in [-0.4, -0.2) is 133 Å². The molecule has 3 saturated heterocycles. The predicted octanol–water partition coefficient (Wildman–Crippen LogP) is 10.7. The first-order chi connectivity index (χ1) is 38.3. The maximum absolute atomic E-state index is 13.2. The third-order valence-corrected chi connectivity index (χ3v) is 18.5. The van der Waals surface area contributed by atoms with E-state index in [1.165, 1.54) is 105 Å². The van der Waals surface area contributed by atoms with Gasteiger partial charge < -0.3 is 25.0 Å². The molecule has 2 amide bonds. The van der Waals surface area contributed by atoms with Gasteiger partial charge in [-0.15, -0.1) is 16.4 Å². The number of aryl methyl sites for hydroxylation is 1. The molecule has 2 saturated carbocycles. The Morgan fingerprint density at radius 2 is 1.62 bits per heavy atom. The number of likely N-dealkylation sites (tertiary alicyclic amines) is 2. The van der Waals surface area contributed by atoms with E-state index in [0.29, 0.717) is 36.7 Å². The van der Waals surface area contributed by atoms with Crippen LogP contribution in [0.2, 0.25) is 0 Å². The van der Waals surface area contributed by atoms with Crippen molar-refractivity contribution in [1.82, 2.24) is 49.5 Å². The topological polar surface area (TPSA) is 164 Å². The van der Waals surface area contributed by atoms with Gasteiger partial charge in [-0.1, -0.05) is 114 Å². The average molecular weight is 1160 g/mol. The number of β-amino-alcohol motifs (C(OH)–C–C–N with tert-alkyl or cyclic N) is 1. The number of rotatable bonds is 11. The molecule has 7 heterocycles. The number of nitrogens with zero attached hydrogens (tertiary/aromatic N) is 9. The van der Waals surface area contributed by atoms with Crippen LogP contribution >= 0.6 is 27.3 Å². The van der Waals surface area contributed by atoms with E-state index in [1.54, 1.807) is 20.9 Å². The molecule has 6 aliphatic rings. The SMILES string of the molecule is CC(C)C.CCN1CCC(c2ccc3c(c2)-n2c(nc(=O)c4c(Br)cccc42)C32CCCCC2)CC1.Cc1ncsc1-c1ccc([C@H](CN2CCOCC2)NC=O)cc1.O=C(Cn1cc(C2CCCCC2)nn1)N1CCC(O)C1. The van der Waals surface area contributed by atoms with E-state index in [4.69, 9.17) is 9.72 Å². The predicted molar refractivity (Wildman–Crippen MR) is 318 cm³/mol. The molecular formula is C62H83BrN10O5S. The summed E-state index contributed by atoms with van der Waals surface area (Å²) in [5.74, 6) is 2.95. The van der Waals surface area contributed by atoms with Crippen LogP contribution < -0.4 is 10.9 Å². The number of aliphatic hydroxyl groups is 1. The van der Waals surface area contributed by atoms with Gasteiger partial charge in [-0.2, -0.15) is 4.98 Å². The number of amides is 2. The summed E-state index contributed by atoms with van der Waals surface area (Å²) >= 11 is 5.27. The Morgan fingerprint density at radius 1 is 0.899 bits per heavy atom. The summed E-state index contributed by atoms with van der Waals surface area (Å²) in [4.78, 5) is 53.0. The maximum atomic E-state index is 13.2. The first-order valence-electron chi connectivity index (χ1n) is 29.3. The highest BCUT2D eigenvalue weighted by molar-refractivity contribution is 9.10. The number of aliphatic hydroxyl groups excluding tert-OH is 1. The van der Waals surface area contributed by atoms with Crippen molar-refractivity contribution >= 4 is 50.5 Å². The monoisotopic (exact) mass is 1160 g/mol. The van der Waals surface area contributed by atoms with Crippen LogP contribution in [0.25, 0.3) is 27.0 Å². The van der Waals surface area contributed by atoms with Gasteiger partial charge in [0.2, 0.25) is 12.3 Å². The van der Waals surface area contributed by atoms with Crippen LogP contribution in [0.15, 0.2) is 81.6 Å².